The van der Waals surface area contributed by atoms with Crippen LogP contribution in [-0.4, -0.2) is 55.2 Å². The van der Waals surface area contributed by atoms with Crippen LogP contribution in [0.2, 0.25) is 0 Å². The molecule has 1 fully saturated rings. The molecular formula is C27H30N4O5. The number of morpholine rings is 1. The second kappa shape index (κ2) is 11.2. The minimum atomic E-state index is -0.456. The van der Waals surface area contributed by atoms with Gasteiger partial charge in [0.15, 0.2) is 0 Å². The predicted octanol–water partition coefficient (Wildman–Crippen LogP) is 3.04. The van der Waals surface area contributed by atoms with Crippen LogP contribution in [0.25, 0.3) is 0 Å². The number of H-pyrrole nitrogens is 1. The number of nitrogens with one attached hydrogen (secondary N) is 1. The summed E-state index contributed by atoms with van der Waals surface area (Å²) >= 11 is 0. The number of hydrogen-bond donors (Lipinski definition) is 1. The molecule has 9 nitrogen and oxygen atoms in total. The molecule has 36 heavy (non-hydrogen) atoms. The molecule has 188 valence electrons. The minimum absolute atomic E-state index is 0.0378. The van der Waals surface area contributed by atoms with Gasteiger partial charge < -0.3 is 19.3 Å². The lowest BCUT2D eigenvalue weighted by Gasteiger charge is -2.27. The predicted molar refractivity (Wildman–Crippen MR) is 137 cm³/mol. The summed E-state index contributed by atoms with van der Waals surface area (Å²) in [4.78, 5) is 48.6. The molecule has 0 aliphatic carbocycles. The molecule has 0 saturated carbocycles. The summed E-state index contributed by atoms with van der Waals surface area (Å²) in [7, 11) is 1.70. The molecule has 0 bridgehead atoms. The number of aryl methyl sites for hydroxylation is 2. The second-order valence-electron chi connectivity index (χ2n) is 8.75. The summed E-state index contributed by atoms with van der Waals surface area (Å²) in [6.45, 7) is 6.27. The Kier molecular flexibility index (Phi) is 7.80. The van der Waals surface area contributed by atoms with Crippen LogP contribution in [0, 0.1) is 13.8 Å². The maximum Gasteiger partial charge on any atom is 0.311 e. The Labute approximate surface area is 209 Å². The molecule has 0 radical (unpaired) electrons. The highest BCUT2D eigenvalue weighted by Crippen LogP contribution is 2.21. The average molecular weight is 491 g/mol. The van der Waals surface area contributed by atoms with E-state index >= 15 is 0 Å². The molecule has 1 aromatic heterocycles. The Morgan fingerprint density at radius 3 is 2.36 bits per heavy atom. The fraction of sp³-hybridized carbons (Fsp3) is 0.333. The summed E-state index contributed by atoms with van der Waals surface area (Å²) in [6, 6.07) is 14.1. The normalized spacial score (nSPS) is 13.4. The Balaban J connectivity index is 1.33. The minimum Gasteiger partial charge on any atom is -0.427 e. The average Bonchev–Trinajstić information content (AvgIpc) is 2.88. The highest BCUT2D eigenvalue weighted by Gasteiger charge is 2.18. The van der Waals surface area contributed by atoms with E-state index in [4.69, 9.17) is 9.47 Å². The van der Waals surface area contributed by atoms with Gasteiger partial charge in [-0.15, -0.1) is 0 Å². The van der Waals surface area contributed by atoms with Crippen molar-refractivity contribution >= 4 is 23.5 Å². The third-order valence-electron chi connectivity index (χ3n) is 6.16. The zero-order valence-electron chi connectivity index (χ0n) is 20.7. The standard InChI is InChI=1S/C27H30N4O5/c1-18-4-6-20(7-5-18)26(34)30(3)21-8-10-22(11-9-21)36-24(32)13-12-23-19(2)28-27(29-25(23)33)31-14-16-35-17-15-31/h4-11H,12-17H2,1-3H3,(H,28,29,33). The molecule has 9 heteroatoms. The number of benzene rings is 2. The van der Waals surface area contributed by atoms with E-state index < -0.39 is 5.97 Å². The van der Waals surface area contributed by atoms with Gasteiger partial charge in [-0.2, -0.15) is 0 Å². The van der Waals surface area contributed by atoms with E-state index in [1.807, 2.05) is 24.0 Å². The van der Waals surface area contributed by atoms with Crippen LogP contribution >= 0.6 is 0 Å². The van der Waals surface area contributed by atoms with Gasteiger partial charge in [0.1, 0.15) is 5.75 Å². The molecule has 1 aliphatic heterocycles. The Morgan fingerprint density at radius 2 is 1.72 bits per heavy atom. The maximum atomic E-state index is 12.7. The molecular weight excluding hydrogens is 460 g/mol. The van der Waals surface area contributed by atoms with E-state index in [1.165, 1.54) is 0 Å². The van der Waals surface area contributed by atoms with Crippen molar-refractivity contribution in [1.82, 2.24) is 9.97 Å². The third-order valence-corrected chi connectivity index (χ3v) is 6.16. The summed E-state index contributed by atoms with van der Waals surface area (Å²) in [5.74, 6) is 0.306. The van der Waals surface area contributed by atoms with Crippen molar-refractivity contribution < 1.29 is 19.1 Å². The van der Waals surface area contributed by atoms with Gasteiger partial charge >= 0.3 is 5.97 Å². The van der Waals surface area contributed by atoms with Gasteiger partial charge in [-0.25, -0.2) is 4.98 Å². The first-order valence-corrected chi connectivity index (χ1v) is 11.9. The van der Waals surface area contributed by atoms with Crippen molar-refractivity contribution in [2.24, 2.45) is 0 Å². The van der Waals surface area contributed by atoms with Crippen molar-refractivity contribution in [3.8, 4) is 5.75 Å². The van der Waals surface area contributed by atoms with Crippen LogP contribution in [0.1, 0.15) is 33.6 Å². The molecule has 1 saturated heterocycles. The maximum absolute atomic E-state index is 12.7. The molecule has 4 rings (SSSR count). The van der Waals surface area contributed by atoms with Crippen LogP contribution in [0.15, 0.2) is 53.3 Å². The number of esters is 1. The van der Waals surface area contributed by atoms with Gasteiger partial charge in [-0.05, 0) is 56.7 Å². The van der Waals surface area contributed by atoms with Crippen LogP contribution in [0.4, 0.5) is 11.6 Å². The van der Waals surface area contributed by atoms with Crippen molar-refractivity contribution in [2.45, 2.75) is 26.7 Å². The van der Waals surface area contributed by atoms with Gasteiger partial charge in [0.2, 0.25) is 5.95 Å². The van der Waals surface area contributed by atoms with E-state index in [2.05, 4.69) is 9.97 Å². The van der Waals surface area contributed by atoms with Gasteiger partial charge in [-0.1, -0.05) is 17.7 Å². The topological polar surface area (TPSA) is 105 Å². The molecule has 0 unspecified atom stereocenters. The Hall–Kier alpha value is -3.98. The number of rotatable bonds is 7. The van der Waals surface area contributed by atoms with E-state index in [0.29, 0.717) is 60.5 Å². The molecule has 0 spiro atoms. The van der Waals surface area contributed by atoms with Gasteiger partial charge in [0, 0.05) is 42.6 Å². The number of hydrogen-bond acceptors (Lipinski definition) is 7. The number of anilines is 2. The lowest BCUT2D eigenvalue weighted by Crippen LogP contribution is -2.38. The molecule has 3 aromatic rings. The molecule has 0 atom stereocenters. The van der Waals surface area contributed by atoms with E-state index in [0.717, 1.165) is 5.56 Å². The molecule has 1 aliphatic rings. The van der Waals surface area contributed by atoms with Crippen molar-refractivity contribution in [2.75, 3.05) is 43.2 Å². The first-order valence-electron chi connectivity index (χ1n) is 11.9. The number of aromatic amines is 1. The third kappa shape index (κ3) is 5.98. The lowest BCUT2D eigenvalue weighted by atomic mass is 10.1. The number of ether oxygens (including phenoxy) is 2. The van der Waals surface area contributed by atoms with E-state index in [1.54, 1.807) is 55.3 Å². The Morgan fingerprint density at radius 1 is 1.06 bits per heavy atom. The molecule has 1 amide bonds. The zero-order chi connectivity index (χ0) is 25.7. The quantitative estimate of drug-likeness (QED) is 0.401. The highest BCUT2D eigenvalue weighted by molar-refractivity contribution is 6.05. The monoisotopic (exact) mass is 490 g/mol. The highest BCUT2D eigenvalue weighted by atomic mass is 16.5. The molecule has 2 aromatic carbocycles. The number of nitrogens with zero attached hydrogens (tertiary/aromatic N) is 3. The fourth-order valence-electron chi connectivity index (χ4n) is 3.97. The van der Waals surface area contributed by atoms with Gasteiger partial charge in [0.25, 0.3) is 11.5 Å². The zero-order valence-corrected chi connectivity index (χ0v) is 20.7. The summed E-state index contributed by atoms with van der Waals surface area (Å²) in [5, 5.41) is 0. The largest absolute Gasteiger partial charge is 0.427 e. The van der Waals surface area contributed by atoms with Crippen molar-refractivity contribution in [3.63, 3.8) is 0 Å². The summed E-state index contributed by atoms with van der Waals surface area (Å²) in [6.07, 6.45) is 0.262. The summed E-state index contributed by atoms with van der Waals surface area (Å²) in [5.41, 5.74) is 3.17. The number of aromatic nitrogens is 2. The summed E-state index contributed by atoms with van der Waals surface area (Å²) < 4.78 is 10.8. The lowest BCUT2D eigenvalue weighted by molar-refractivity contribution is -0.134. The smallest absolute Gasteiger partial charge is 0.311 e. The SMILES string of the molecule is Cc1ccc(C(=O)N(C)c2ccc(OC(=O)CCc3c(C)nc(N4CCOCC4)[nH]c3=O)cc2)cc1. The van der Waals surface area contributed by atoms with Gasteiger partial charge in [0.05, 0.1) is 19.6 Å². The fourth-order valence-corrected chi connectivity index (χ4v) is 3.97. The van der Waals surface area contributed by atoms with Crippen LogP contribution in [-0.2, 0) is 16.0 Å². The number of carbonyl (C=O) groups is 2. The van der Waals surface area contributed by atoms with Gasteiger partial charge in [-0.3, -0.25) is 19.4 Å². The van der Waals surface area contributed by atoms with Crippen LogP contribution in [0.5, 0.6) is 5.75 Å². The second-order valence-corrected chi connectivity index (χ2v) is 8.75. The van der Waals surface area contributed by atoms with Crippen molar-refractivity contribution in [3.05, 3.63) is 81.3 Å². The first-order chi connectivity index (χ1) is 17.3. The molecule has 1 N–H and O–H groups in total. The number of amides is 1. The number of carbonyl (C=O) groups excluding carboxylic acids is 2. The van der Waals surface area contributed by atoms with Crippen LogP contribution in [0.3, 0.4) is 0 Å². The van der Waals surface area contributed by atoms with E-state index in [-0.39, 0.29) is 24.3 Å². The first kappa shape index (κ1) is 25.1. The molecule has 2 heterocycles. The van der Waals surface area contributed by atoms with Crippen molar-refractivity contribution in [1.29, 1.82) is 0 Å². The Bertz CT molecular complexity index is 1280. The van der Waals surface area contributed by atoms with E-state index in [9.17, 15) is 14.4 Å². The van der Waals surface area contributed by atoms with Crippen LogP contribution < -0.4 is 20.1 Å².